The molecule has 2 aromatic carbocycles. The molecule has 1 atom stereocenters. The summed E-state index contributed by atoms with van der Waals surface area (Å²) in [5.74, 6) is -1.61. The topological polar surface area (TPSA) is 12.0 Å². The molecule has 2 aromatic rings. The number of halogens is 3. The molecule has 1 N–H and O–H groups in total. The van der Waals surface area contributed by atoms with Crippen molar-refractivity contribution in [2.24, 2.45) is 0 Å². The third kappa shape index (κ3) is 3.17. The fourth-order valence-corrected chi connectivity index (χ4v) is 2.33. The molecule has 0 aliphatic heterocycles. The van der Waals surface area contributed by atoms with E-state index in [0.717, 1.165) is 17.2 Å². The van der Waals surface area contributed by atoms with Crippen LogP contribution in [0.1, 0.15) is 22.7 Å². The second-order valence-electron chi connectivity index (χ2n) is 4.77. The molecule has 0 spiro atoms. The number of nitrogens with one attached hydrogen (secondary N) is 1. The van der Waals surface area contributed by atoms with E-state index in [0.29, 0.717) is 17.0 Å². The van der Waals surface area contributed by atoms with Crippen LogP contribution in [0.2, 0.25) is 5.02 Å². The summed E-state index contributed by atoms with van der Waals surface area (Å²) in [5.41, 5.74) is 2.29. The standard InChI is InChI=1S/C16H16ClF2N/c1-10-6-7-11(8-13(10)17)15(20-2)9-12-4-3-5-14(18)16(12)19/h3-8,15,20H,9H2,1-2H3. The van der Waals surface area contributed by atoms with Gasteiger partial charge >= 0.3 is 0 Å². The van der Waals surface area contributed by atoms with Gasteiger partial charge in [0.2, 0.25) is 0 Å². The predicted octanol–water partition coefficient (Wildman–Crippen LogP) is 4.43. The van der Waals surface area contributed by atoms with Gasteiger partial charge in [-0.1, -0.05) is 35.9 Å². The first-order chi connectivity index (χ1) is 9.52. The molecule has 20 heavy (non-hydrogen) atoms. The summed E-state index contributed by atoms with van der Waals surface area (Å²) in [4.78, 5) is 0. The van der Waals surface area contributed by atoms with Crippen molar-refractivity contribution in [3.8, 4) is 0 Å². The lowest BCUT2D eigenvalue weighted by Crippen LogP contribution is -2.19. The third-order valence-electron chi connectivity index (χ3n) is 3.40. The highest BCUT2D eigenvalue weighted by Gasteiger charge is 2.15. The number of aryl methyl sites for hydroxylation is 1. The highest BCUT2D eigenvalue weighted by molar-refractivity contribution is 6.31. The van der Waals surface area contributed by atoms with Gasteiger partial charge in [-0.2, -0.15) is 0 Å². The maximum atomic E-state index is 13.7. The van der Waals surface area contributed by atoms with E-state index in [2.05, 4.69) is 5.32 Å². The van der Waals surface area contributed by atoms with Crippen molar-refractivity contribution in [1.29, 1.82) is 0 Å². The first-order valence-corrected chi connectivity index (χ1v) is 6.77. The van der Waals surface area contributed by atoms with Gasteiger partial charge in [-0.15, -0.1) is 0 Å². The molecule has 0 radical (unpaired) electrons. The minimum Gasteiger partial charge on any atom is -0.313 e. The van der Waals surface area contributed by atoms with E-state index in [9.17, 15) is 8.78 Å². The zero-order valence-corrected chi connectivity index (χ0v) is 12.1. The van der Waals surface area contributed by atoms with Gasteiger partial charge in [0, 0.05) is 11.1 Å². The zero-order chi connectivity index (χ0) is 14.7. The summed E-state index contributed by atoms with van der Waals surface area (Å²) < 4.78 is 27.0. The number of hydrogen-bond donors (Lipinski definition) is 1. The average Bonchev–Trinajstić information content (AvgIpc) is 2.44. The van der Waals surface area contributed by atoms with Crippen molar-refractivity contribution in [2.75, 3.05) is 7.05 Å². The average molecular weight is 296 g/mol. The van der Waals surface area contributed by atoms with Crippen molar-refractivity contribution in [2.45, 2.75) is 19.4 Å². The molecule has 0 saturated heterocycles. The van der Waals surface area contributed by atoms with Crippen molar-refractivity contribution < 1.29 is 8.78 Å². The second kappa shape index (κ2) is 6.33. The Balaban J connectivity index is 2.28. The van der Waals surface area contributed by atoms with Crippen molar-refractivity contribution in [3.05, 3.63) is 69.7 Å². The highest BCUT2D eigenvalue weighted by atomic mass is 35.5. The summed E-state index contributed by atoms with van der Waals surface area (Å²) in [7, 11) is 1.79. The van der Waals surface area contributed by atoms with Crippen LogP contribution in [0.5, 0.6) is 0 Å². The Morgan fingerprint density at radius 2 is 1.95 bits per heavy atom. The molecule has 106 valence electrons. The Bertz CT molecular complexity index is 613. The lowest BCUT2D eigenvalue weighted by molar-refractivity contribution is 0.487. The molecule has 2 rings (SSSR count). The van der Waals surface area contributed by atoms with Crippen LogP contribution in [0.25, 0.3) is 0 Å². The summed E-state index contributed by atoms with van der Waals surface area (Å²) >= 11 is 6.11. The van der Waals surface area contributed by atoms with Crippen molar-refractivity contribution in [3.63, 3.8) is 0 Å². The number of hydrogen-bond acceptors (Lipinski definition) is 1. The molecule has 1 unspecified atom stereocenters. The SMILES string of the molecule is CNC(Cc1cccc(F)c1F)c1ccc(C)c(Cl)c1. The molecule has 0 aromatic heterocycles. The van der Waals surface area contributed by atoms with Crippen LogP contribution in [0.15, 0.2) is 36.4 Å². The highest BCUT2D eigenvalue weighted by Crippen LogP contribution is 2.25. The molecule has 4 heteroatoms. The van der Waals surface area contributed by atoms with Crippen molar-refractivity contribution in [1.82, 2.24) is 5.32 Å². The first-order valence-electron chi connectivity index (χ1n) is 6.39. The van der Waals surface area contributed by atoms with Crippen LogP contribution >= 0.6 is 11.6 Å². The van der Waals surface area contributed by atoms with E-state index in [1.807, 2.05) is 25.1 Å². The summed E-state index contributed by atoms with van der Waals surface area (Å²) in [5, 5.41) is 3.78. The van der Waals surface area contributed by atoms with E-state index in [4.69, 9.17) is 11.6 Å². The predicted molar refractivity (Wildman–Crippen MR) is 78.1 cm³/mol. The van der Waals surface area contributed by atoms with Gasteiger partial charge in [0.05, 0.1) is 0 Å². The number of likely N-dealkylation sites (N-methyl/N-ethyl adjacent to an activating group) is 1. The monoisotopic (exact) mass is 295 g/mol. The molecular weight excluding hydrogens is 280 g/mol. The molecule has 0 aliphatic carbocycles. The van der Waals surface area contributed by atoms with Crippen LogP contribution in [-0.2, 0) is 6.42 Å². The van der Waals surface area contributed by atoms with Gasteiger partial charge in [-0.05, 0) is 49.2 Å². The molecular formula is C16H16ClF2N. The zero-order valence-electron chi connectivity index (χ0n) is 11.4. The van der Waals surface area contributed by atoms with Crippen LogP contribution in [-0.4, -0.2) is 7.05 Å². The van der Waals surface area contributed by atoms with Crippen molar-refractivity contribution >= 4 is 11.6 Å². The summed E-state index contributed by atoms with van der Waals surface area (Å²) in [6, 6.07) is 9.83. The Hall–Kier alpha value is -1.45. The molecule has 0 amide bonds. The first kappa shape index (κ1) is 14.9. The van der Waals surface area contributed by atoms with Gasteiger partial charge in [0.15, 0.2) is 11.6 Å². The lowest BCUT2D eigenvalue weighted by Gasteiger charge is -2.18. The van der Waals surface area contributed by atoms with Gasteiger partial charge < -0.3 is 5.32 Å². The maximum absolute atomic E-state index is 13.7. The second-order valence-corrected chi connectivity index (χ2v) is 5.17. The Morgan fingerprint density at radius 3 is 2.60 bits per heavy atom. The Labute approximate surface area is 122 Å². The van der Waals surface area contributed by atoms with Crippen LogP contribution in [0, 0.1) is 18.6 Å². The fraction of sp³-hybridized carbons (Fsp3) is 0.250. The smallest absolute Gasteiger partial charge is 0.162 e. The van der Waals surface area contributed by atoms with Gasteiger partial charge in [-0.3, -0.25) is 0 Å². The normalized spacial score (nSPS) is 12.4. The minimum atomic E-state index is -0.820. The summed E-state index contributed by atoms with van der Waals surface area (Å²) in [6.07, 6.45) is 0.361. The Kier molecular flexibility index (Phi) is 4.73. The lowest BCUT2D eigenvalue weighted by atomic mass is 9.97. The maximum Gasteiger partial charge on any atom is 0.162 e. The van der Waals surface area contributed by atoms with E-state index in [-0.39, 0.29) is 6.04 Å². The van der Waals surface area contributed by atoms with E-state index in [1.165, 1.54) is 6.07 Å². The Morgan fingerprint density at radius 1 is 1.20 bits per heavy atom. The van der Waals surface area contributed by atoms with E-state index in [1.54, 1.807) is 13.1 Å². The van der Waals surface area contributed by atoms with Crippen LogP contribution < -0.4 is 5.32 Å². The van der Waals surface area contributed by atoms with Crippen LogP contribution in [0.3, 0.4) is 0 Å². The molecule has 0 aliphatic rings. The van der Waals surface area contributed by atoms with Gasteiger partial charge in [0.1, 0.15) is 0 Å². The quantitative estimate of drug-likeness (QED) is 0.880. The number of benzene rings is 2. The molecule has 0 heterocycles. The van der Waals surface area contributed by atoms with Gasteiger partial charge in [0.25, 0.3) is 0 Å². The molecule has 0 bridgehead atoms. The molecule has 1 nitrogen and oxygen atoms in total. The molecule has 0 saturated carbocycles. The minimum absolute atomic E-state index is 0.121. The van der Waals surface area contributed by atoms with Gasteiger partial charge in [-0.25, -0.2) is 8.78 Å². The largest absolute Gasteiger partial charge is 0.313 e. The van der Waals surface area contributed by atoms with E-state index >= 15 is 0 Å². The van der Waals surface area contributed by atoms with E-state index < -0.39 is 11.6 Å². The summed E-state index contributed by atoms with van der Waals surface area (Å²) in [6.45, 7) is 1.92. The van der Waals surface area contributed by atoms with Crippen LogP contribution in [0.4, 0.5) is 8.78 Å². The fourth-order valence-electron chi connectivity index (χ4n) is 2.14. The number of rotatable bonds is 4. The molecule has 0 fully saturated rings. The third-order valence-corrected chi connectivity index (χ3v) is 3.81.